The lowest BCUT2D eigenvalue weighted by molar-refractivity contribution is -0.146. The molecule has 1 aromatic rings. The Bertz CT molecular complexity index is 297. The summed E-state index contributed by atoms with van der Waals surface area (Å²) in [5.74, 6) is -0.0315. The summed E-state index contributed by atoms with van der Waals surface area (Å²) in [6, 6.07) is 0. The minimum Gasteiger partial charge on any atom is -0.505 e. The molecule has 0 aliphatic heterocycles. The molecule has 0 saturated heterocycles. The number of nitrogens with zero attached hydrogens (tertiary/aromatic N) is 2. The van der Waals surface area contributed by atoms with E-state index in [2.05, 4.69) is 9.97 Å². The molecule has 1 atom stereocenters. The molecule has 1 aromatic heterocycles. The lowest BCUT2D eigenvalue weighted by Gasteiger charge is -2.09. The SMILES string of the molecule is CC(=O)OC(C)c1ncc(O)cn1. The van der Waals surface area contributed by atoms with Crippen molar-refractivity contribution in [3.63, 3.8) is 0 Å². The number of carbonyl (C=O) groups excluding carboxylic acids is 1. The molecule has 1 N–H and O–H groups in total. The number of aromatic nitrogens is 2. The molecule has 5 nitrogen and oxygen atoms in total. The van der Waals surface area contributed by atoms with Gasteiger partial charge in [0.25, 0.3) is 0 Å². The summed E-state index contributed by atoms with van der Waals surface area (Å²) in [5.41, 5.74) is 0. The number of rotatable bonds is 2. The number of carbonyl (C=O) groups is 1. The Morgan fingerprint density at radius 3 is 2.54 bits per heavy atom. The summed E-state index contributed by atoms with van der Waals surface area (Å²) in [7, 11) is 0. The number of hydrogen-bond acceptors (Lipinski definition) is 5. The predicted molar refractivity (Wildman–Crippen MR) is 43.9 cm³/mol. The normalized spacial score (nSPS) is 12.2. The molecular weight excluding hydrogens is 172 g/mol. The van der Waals surface area contributed by atoms with Crippen LogP contribution in [0.2, 0.25) is 0 Å². The van der Waals surface area contributed by atoms with Gasteiger partial charge in [-0.05, 0) is 6.92 Å². The molecule has 70 valence electrons. The van der Waals surface area contributed by atoms with Gasteiger partial charge in [0, 0.05) is 6.92 Å². The van der Waals surface area contributed by atoms with E-state index in [1.54, 1.807) is 6.92 Å². The first kappa shape index (κ1) is 9.44. The molecule has 0 amide bonds. The zero-order valence-corrected chi connectivity index (χ0v) is 7.39. The zero-order valence-electron chi connectivity index (χ0n) is 7.39. The molecule has 0 bridgehead atoms. The van der Waals surface area contributed by atoms with Crippen molar-refractivity contribution >= 4 is 5.97 Å². The van der Waals surface area contributed by atoms with Gasteiger partial charge in [0.1, 0.15) is 0 Å². The van der Waals surface area contributed by atoms with Gasteiger partial charge in [-0.2, -0.15) is 0 Å². The van der Waals surface area contributed by atoms with Gasteiger partial charge in [0.2, 0.25) is 0 Å². The van der Waals surface area contributed by atoms with Crippen LogP contribution in [0.15, 0.2) is 12.4 Å². The third-order valence-corrected chi connectivity index (χ3v) is 1.36. The zero-order chi connectivity index (χ0) is 9.84. The van der Waals surface area contributed by atoms with E-state index in [0.29, 0.717) is 5.82 Å². The third kappa shape index (κ3) is 2.70. The summed E-state index contributed by atoms with van der Waals surface area (Å²) >= 11 is 0. The Hall–Kier alpha value is -1.65. The summed E-state index contributed by atoms with van der Waals surface area (Å²) in [6.07, 6.45) is 2.02. The molecule has 0 radical (unpaired) electrons. The molecule has 1 rings (SSSR count). The van der Waals surface area contributed by atoms with E-state index in [1.165, 1.54) is 19.3 Å². The standard InChI is InChI=1S/C8H10N2O3/c1-5(13-6(2)11)8-9-3-7(12)4-10-8/h3-5,12H,1-2H3. The van der Waals surface area contributed by atoms with E-state index in [0.717, 1.165) is 0 Å². The summed E-state index contributed by atoms with van der Waals surface area (Å²) in [5, 5.41) is 8.89. The molecule has 0 saturated carbocycles. The van der Waals surface area contributed by atoms with Gasteiger partial charge in [-0.3, -0.25) is 4.79 Å². The molecule has 1 heterocycles. The Morgan fingerprint density at radius 1 is 1.54 bits per heavy atom. The second-order valence-corrected chi connectivity index (χ2v) is 2.55. The van der Waals surface area contributed by atoms with Gasteiger partial charge in [-0.15, -0.1) is 0 Å². The van der Waals surface area contributed by atoms with Crippen molar-refractivity contribution in [1.82, 2.24) is 9.97 Å². The highest BCUT2D eigenvalue weighted by molar-refractivity contribution is 5.66. The van der Waals surface area contributed by atoms with Crippen molar-refractivity contribution in [2.75, 3.05) is 0 Å². The molecule has 1 unspecified atom stereocenters. The van der Waals surface area contributed by atoms with Crippen molar-refractivity contribution in [1.29, 1.82) is 0 Å². The van der Waals surface area contributed by atoms with Gasteiger partial charge < -0.3 is 9.84 Å². The number of ether oxygens (including phenoxy) is 1. The molecule has 0 aromatic carbocycles. The average Bonchev–Trinajstić information content (AvgIpc) is 2.04. The second kappa shape index (κ2) is 3.84. The number of esters is 1. The topological polar surface area (TPSA) is 72.3 Å². The summed E-state index contributed by atoms with van der Waals surface area (Å²) in [6.45, 7) is 2.98. The molecule has 5 heteroatoms. The van der Waals surface area contributed by atoms with Gasteiger partial charge >= 0.3 is 5.97 Å². The van der Waals surface area contributed by atoms with Crippen LogP contribution in [0.4, 0.5) is 0 Å². The van der Waals surface area contributed by atoms with Crippen molar-refractivity contribution in [2.24, 2.45) is 0 Å². The molecule has 0 fully saturated rings. The number of hydrogen-bond donors (Lipinski definition) is 1. The first-order valence-electron chi connectivity index (χ1n) is 3.77. The number of aromatic hydroxyl groups is 1. The van der Waals surface area contributed by atoms with Crippen molar-refractivity contribution in [3.05, 3.63) is 18.2 Å². The van der Waals surface area contributed by atoms with Crippen LogP contribution in [0.25, 0.3) is 0 Å². The van der Waals surface area contributed by atoms with Gasteiger partial charge in [-0.25, -0.2) is 9.97 Å². The maximum absolute atomic E-state index is 10.6. The third-order valence-electron chi connectivity index (χ3n) is 1.36. The lowest BCUT2D eigenvalue weighted by atomic mass is 10.3. The monoisotopic (exact) mass is 182 g/mol. The fourth-order valence-corrected chi connectivity index (χ4v) is 0.843. The largest absolute Gasteiger partial charge is 0.505 e. The predicted octanol–water partition coefficient (Wildman–Crippen LogP) is 0.806. The minimum absolute atomic E-state index is 0.0150. The highest BCUT2D eigenvalue weighted by Crippen LogP contribution is 2.13. The average molecular weight is 182 g/mol. The quantitative estimate of drug-likeness (QED) is 0.685. The summed E-state index contributed by atoms with van der Waals surface area (Å²) < 4.78 is 4.83. The van der Waals surface area contributed by atoms with E-state index in [-0.39, 0.29) is 11.7 Å². The van der Waals surface area contributed by atoms with Gasteiger partial charge in [-0.1, -0.05) is 0 Å². The smallest absolute Gasteiger partial charge is 0.303 e. The minimum atomic E-state index is -0.488. The van der Waals surface area contributed by atoms with Crippen LogP contribution in [0, 0.1) is 0 Å². The van der Waals surface area contributed by atoms with Crippen LogP contribution < -0.4 is 0 Å². The van der Waals surface area contributed by atoms with E-state index >= 15 is 0 Å². The Morgan fingerprint density at radius 2 is 2.08 bits per heavy atom. The molecule has 13 heavy (non-hydrogen) atoms. The second-order valence-electron chi connectivity index (χ2n) is 2.55. The van der Waals surface area contributed by atoms with Crippen LogP contribution in [-0.2, 0) is 9.53 Å². The van der Waals surface area contributed by atoms with E-state index in [1.807, 2.05) is 0 Å². The highest BCUT2D eigenvalue weighted by Gasteiger charge is 2.10. The Balaban J connectivity index is 2.71. The van der Waals surface area contributed by atoms with E-state index < -0.39 is 6.10 Å². The molecule has 0 aliphatic rings. The Kier molecular flexibility index (Phi) is 2.79. The fraction of sp³-hybridized carbons (Fsp3) is 0.375. The maximum atomic E-state index is 10.6. The van der Waals surface area contributed by atoms with Gasteiger partial charge in [0.05, 0.1) is 12.4 Å². The Labute approximate surface area is 75.4 Å². The first-order chi connectivity index (χ1) is 6.09. The van der Waals surface area contributed by atoms with E-state index in [4.69, 9.17) is 9.84 Å². The fourth-order valence-electron chi connectivity index (χ4n) is 0.843. The molecular formula is C8H10N2O3. The van der Waals surface area contributed by atoms with Gasteiger partial charge in [0.15, 0.2) is 17.7 Å². The van der Waals surface area contributed by atoms with Crippen molar-refractivity contribution in [2.45, 2.75) is 20.0 Å². The van der Waals surface area contributed by atoms with Crippen LogP contribution >= 0.6 is 0 Å². The van der Waals surface area contributed by atoms with Crippen LogP contribution in [0.5, 0.6) is 5.75 Å². The lowest BCUT2D eigenvalue weighted by Crippen LogP contribution is -2.07. The van der Waals surface area contributed by atoms with Crippen molar-refractivity contribution < 1.29 is 14.6 Å². The van der Waals surface area contributed by atoms with Crippen molar-refractivity contribution in [3.8, 4) is 5.75 Å². The summed E-state index contributed by atoms with van der Waals surface area (Å²) in [4.78, 5) is 18.2. The first-order valence-corrected chi connectivity index (χ1v) is 3.77. The molecule has 0 spiro atoms. The van der Waals surface area contributed by atoms with Crippen LogP contribution in [0.1, 0.15) is 25.8 Å². The maximum Gasteiger partial charge on any atom is 0.303 e. The van der Waals surface area contributed by atoms with E-state index in [9.17, 15) is 4.79 Å². The molecule has 0 aliphatic carbocycles. The highest BCUT2D eigenvalue weighted by atomic mass is 16.5. The van der Waals surface area contributed by atoms with Crippen LogP contribution in [0.3, 0.4) is 0 Å². The van der Waals surface area contributed by atoms with Crippen LogP contribution in [-0.4, -0.2) is 21.0 Å².